The lowest BCUT2D eigenvalue weighted by Crippen LogP contribution is -2.39. The Balaban J connectivity index is 0.00000240. The number of nitrogens with one attached hydrogen (secondary N) is 1. The van der Waals surface area contributed by atoms with Crippen LogP contribution in [0.2, 0.25) is 0 Å². The van der Waals surface area contributed by atoms with Crippen molar-refractivity contribution >= 4 is 29.7 Å². The monoisotopic (exact) mass is 436 g/mol. The first kappa shape index (κ1) is 21.9. The topological polar surface area (TPSA) is 50.8 Å². The minimum absolute atomic E-state index is 0. The lowest BCUT2D eigenvalue weighted by Gasteiger charge is -2.26. The van der Waals surface area contributed by atoms with Gasteiger partial charge in [-0.25, -0.2) is 0 Å². The van der Waals surface area contributed by atoms with Crippen molar-refractivity contribution < 1.29 is 14.3 Å². The molecule has 7 heteroatoms. The Bertz CT molecular complexity index is 826. The number of carbonyl (C=O) groups is 1. The summed E-state index contributed by atoms with van der Waals surface area (Å²) in [6.45, 7) is 6.07. The van der Waals surface area contributed by atoms with E-state index in [1.54, 1.807) is 11.3 Å². The molecule has 1 aromatic heterocycles. The first-order valence-corrected chi connectivity index (χ1v) is 11.0. The third-order valence-corrected chi connectivity index (χ3v) is 6.36. The van der Waals surface area contributed by atoms with Gasteiger partial charge in [0.25, 0.3) is 5.91 Å². The standard InChI is InChI=1S/C22H28N2O3S.ClH/c1-16-13-18-21(28-16)9-6-12-24(22(18)25)11-5-4-10-23-14-17-15-26-19-7-2-3-8-20(19)27-17;/h2-3,7-8,13,17,23H,4-6,9-12,14-15H2,1H3;1H. The second-order valence-electron chi connectivity index (χ2n) is 7.50. The number of unbranched alkanes of at least 4 members (excludes halogenated alkanes) is 1. The van der Waals surface area contributed by atoms with Crippen LogP contribution < -0.4 is 14.8 Å². The summed E-state index contributed by atoms with van der Waals surface area (Å²) in [5.41, 5.74) is 0.938. The summed E-state index contributed by atoms with van der Waals surface area (Å²) in [4.78, 5) is 17.3. The van der Waals surface area contributed by atoms with Crippen LogP contribution in [0.4, 0.5) is 0 Å². The number of hydrogen-bond donors (Lipinski definition) is 1. The highest BCUT2D eigenvalue weighted by Crippen LogP contribution is 2.30. The normalized spacial score (nSPS) is 18.0. The molecule has 2 aliphatic rings. The smallest absolute Gasteiger partial charge is 0.254 e. The molecule has 1 N–H and O–H groups in total. The second kappa shape index (κ2) is 10.3. The molecular formula is C22H29ClN2O3S. The zero-order valence-electron chi connectivity index (χ0n) is 16.8. The summed E-state index contributed by atoms with van der Waals surface area (Å²) in [6.07, 6.45) is 4.20. The third-order valence-electron chi connectivity index (χ3n) is 5.25. The van der Waals surface area contributed by atoms with Crippen molar-refractivity contribution in [1.29, 1.82) is 0 Å². The zero-order valence-corrected chi connectivity index (χ0v) is 18.4. The van der Waals surface area contributed by atoms with E-state index >= 15 is 0 Å². The fraction of sp³-hybridized carbons (Fsp3) is 0.500. The second-order valence-corrected chi connectivity index (χ2v) is 8.84. The molecule has 0 fully saturated rings. The van der Waals surface area contributed by atoms with Crippen LogP contribution >= 0.6 is 23.7 Å². The van der Waals surface area contributed by atoms with Crippen LogP contribution in [0.25, 0.3) is 0 Å². The maximum absolute atomic E-state index is 12.8. The maximum Gasteiger partial charge on any atom is 0.254 e. The molecule has 4 rings (SSSR count). The fourth-order valence-electron chi connectivity index (χ4n) is 3.82. The van der Waals surface area contributed by atoms with Crippen molar-refractivity contribution in [2.45, 2.75) is 38.7 Å². The number of nitrogens with zero attached hydrogens (tertiary/aromatic N) is 1. The van der Waals surface area contributed by atoms with Gasteiger partial charge in [0, 0.05) is 29.4 Å². The lowest BCUT2D eigenvalue weighted by atomic mass is 10.2. The van der Waals surface area contributed by atoms with Gasteiger partial charge in [-0.05, 0) is 57.4 Å². The van der Waals surface area contributed by atoms with Gasteiger partial charge in [0.1, 0.15) is 12.7 Å². The molecule has 0 radical (unpaired) electrons. The third kappa shape index (κ3) is 5.44. The van der Waals surface area contributed by atoms with Crippen LogP contribution in [-0.2, 0) is 6.42 Å². The molecule has 0 aliphatic carbocycles. The summed E-state index contributed by atoms with van der Waals surface area (Å²) in [5.74, 6) is 1.87. The number of rotatable bonds is 7. The molecular weight excluding hydrogens is 408 g/mol. The fourth-order valence-corrected chi connectivity index (χ4v) is 4.89. The van der Waals surface area contributed by atoms with Crippen molar-refractivity contribution in [2.75, 3.05) is 32.8 Å². The molecule has 1 atom stereocenters. The molecule has 1 unspecified atom stereocenters. The number of hydrogen-bond acceptors (Lipinski definition) is 5. The molecule has 5 nitrogen and oxygen atoms in total. The van der Waals surface area contributed by atoms with E-state index in [-0.39, 0.29) is 24.4 Å². The van der Waals surface area contributed by atoms with E-state index in [2.05, 4.69) is 18.3 Å². The molecule has 2 aliphatic heterocycles. The lowest BCUT2D eigenvalue weighted by molar-refractivity contribution is 0.0757. The van der Waals surface area contributed by atoms with Gasteiger partial charge >= 0.3 is 0 Å². The highest BCUT2D eigenvalue weighted by molar-refractivity contribution is 7.12. The van der Waals surface area contributed by atoms with Crippen LogP contribution in [0.5, 0.6) is 11.5 Å². The minimum atomic E-state index is 0. The van der Waals surface area contributed by atoms with Crippen molar-refractivity contribution in [3.05, 3.63) is 45.6 Å². The number of ether oxygens (including phenoxy) is 2. The van der Waals surface area contributed by atoms with Gasteiger partial charge in [0.15, 0.2) is 11.5 Å². The Labute approximate surface area is 182 Å². The van der Waals surface area contributed by atoms with E-state index in [4.69, 9.17) is 9.47 Å². The van der Waals surface area contributed by atoms with E-state index in [0.717, 1.165) is 68.9 Å². The average molecular weight is 437 g/mol. The highest BCUT2D eigenvalue weighted by atomic mass is 35.5. The van der Waals surface area contributed by atoms with Gasteiger partial charge in [-0.2, -0.15) is 0 Å². The Morgan fingerprint density at radius 3 is 2.93 bits per heavy atom. The van der Waals surface area contributed by atoms with Gasteiger partial charge in [0.05, 0.1) is 5.56 Å². The molecule has 1 amide bonds. The van der Waals surface area contributed by atoms with Crippen molar-refractivity contribution in [3.8, 4) is 11.5 Å². The van der Waals surface area contributed by atoms with Crippen molar-refractivity contribution in [2.24, 2.45) is 0 Å². The molecule has 29 heavy (non-hydrogen) atoms. The van der Waals surface area contributed by atoms with E-state index in [1.807, 2.05) is 29.2 Å². The molecule has 158 valence electrons. The molecule has 0 spiro atoms. The Morgan fingerprint density at radius 1 is 1.24 bits per heavy atom. The van der Waals surface area contributed by atoms with Crippen LogP contribution in [0, 0.1) is 6.92 Å². The Morgan fingerprint density at radius 2 is 2.07 bits per heavy atom. The highest BCUT2D eigenvalue weighted by Gasteiger charge is 2.24. The number of amides is 1. The minimum Gasteiger partial charge on any atom is -0.486 e. The van der Waals surface area contributed by atoms with Gasteiger partial charge in [-0.15, -0.1) is 23.7 Å². The van der Waals surface area contributed by atoms with Gasteiger partial charge in [-0.1, -0.05) is 12.1 Å². The van der Waals surface area contributed by atoms with Crippen molar-refractivity contribution in [1.82, 2.24) is 10.2 Å². The Kier molecular flexibility index (Phi) is 7.81. The summed E-state index contributed by atoms with van der Waals surface area (Å²) >= 11 is 1.77. The van der Waals surface area contributed by atoms with E-state index < -0.39 is 0 Å². The predicted octanol–water partition coefficient (Wildman–Crippen LogP) is 4.08. The van der Waals surface area contributed by atoms with E-state index in [1.165, 1.54) is 9.75 Å². The average Bonchev–Trinajstić information content (AvgIpc) is 3.02. The quantitative estimate of drug-likeness (QED) is 0.664. The van der Waals surface area contributed by atoms with Crippen LogP contribution in [0.15, 0.2) is 30.3 Å². The molecule has 2 aromatic rings. The first-order valence-electron chi connectivity index (χ1n) is 10.2. The Hall–Kier alpha value is -1.76. The number of aryl methyl sites for hydroxylation is 2. The molecule has 1 aromatic carbocycles. The summed E-state index contributed by atoms with van der Waals surface area (Å²) in [7, 11) is 0. The number of benzene rings is 1. The number of halogens is 1. The SMILES string of the molecule is Cc1cc2c(s1)CCCN(CCCCNCC1COc3ccccc3O1)C2=O.Cl. The number of para-hydroxylation sites is 2. The summed E-state index contributed by atoms with van der Waals surface area (Å²) in [5, 5.41) is 3.46. The largest absolute Gasteiger partial charge is 0.486 e. The van der Waals surface area contributed by atoms with Gasteiger partial charge in [0.2, 0.25) is 0 Å². The van der Waals surface area contributed by atoms with Crippen LogP contribution in [0.1, 0.15) is 39.4 Å². The van der Waals surface area contributed by atoms with Crippen LogP contribution in [0.3, 0.4) is 0 Å². The maximum atomic E-state index is 12.8. The summed E-state index contributed by atoms with van der Waals surface area (Å²) < 4.78 is 11.7. The zero-order chi connectivity index (χ0) is 19.3. The van der Waals surface area contributed by atoms with E-state index in [0.29, 0.717) is 6.61 Å². The van der Waals surface area contributed by atoms with Gasteiger partial charge in [-0.3, -0.25) is 4.79 Å². The van der Waals surface area contributed by atoms with E-state index in [9.17, 15) is 4.79 Å². The molecule has 0 saturated carbocycles. The van der Waals surface area contributed by atoms with Crippen molar-refractivity contribution in [3.63, 3.8) is 0 Å². The summed E-state index contributed by atoms with van der Waals surface area (Å²) in [6, 6.07) is 9.86. The molecule has 0 bridgehead atoms. The molecule has 3 heterocycles. The number of thiophene rings is 1. The number of fused-ring (bicyclic) bond motifs is 2. The van der Waals surface area contributed by atoms with Crippen LogP contribution in [-0.4, -0.2) is 49.7 Å². The predicted molar refractivity (Wildman–Crippen MR) is 119 cm³/mol. The number of carbonyl (C=O) groups excluding carboxylic acids is 1. The first-order chi connectivity index (χ1) is 13.7. The molecule has 0 saturated heterocycles. The van der Waals surface area contributed by atoms with Gasteiger partial charge < -0.3 is 19.7 Å².